The van der Waals surface area contributed by atoms with Crippen LogP contribution in [0, 0.1) is 18.3 Å². The van der Waals surface area contributed by atoms with Crippen molar-refractivity contribution >= 4 is 17.5 Å². The second kappa shape index (κ2) is 6.33. The lowest BCUT2D eigenvalue weighted by Crippen LogP contribution is -2.16. The maximum Gasteiger partial charge on any atom is 0.224 e. The number of nitrogen functional groups attached to an aromatic ring is 1. The highest BCUT2D eigenvalue weighted by Crippen LogP contribution is 2.11. The van der Waals surface area contributed by atoms with Crippen molar-refractivity contribution in [3.8, 4) is 6.07 Å². The molecule has 0 radical (unpaired) electrons. The van der Waals surface area contributed by atoms with Gasteiger partial charge in [-0.3, -0.25) is 4.98 Å². The molecule has 0 saturated heterocycles. The molecule has 0 atom stereocenters. The molecule has 0 aliphatic rings. The summed E-state index contributed by atoms with van der Waals surface area (Å²) in [6.45, 7) is 3.33. The van der Waals surface area contributed by atoms with Gasteiger partial charge in [0.1, 0.15) is 17.5 Å². The predicted molar refractivity (Wildman–Crippen MR) is 77.1 cm³/mol. The summed E-state index contributed by atoms with van der Waals surface area (Å²) >= 11 is 0. The number of anilines is 3. The van der Waals surface area contributed by atoms with E-state index in [0.29, 0.717) is 19.0 Å². The SMILES string of the molecule is Cc1cnccc1NCCNc1ncc(C#N)c(N)n1. The molecule has 7 heteroatoms. The zero-order valence-corrected chi connectivity index (χ0v) is 11.1. The second-order valence-electron chi connectivity index (χ2n) is 4.15. The fourth-order valence-electron chi connectivity index (χ4n) is 1.61. The van der Waals surface area contributed by atoms with Crippen molar-refractivity contribution in [2.75, 3.05) is 29.5 Å². The summed E-state index contributed by atoms with van der Waals surface area (Å²) < 4.78 is 0. The quantitative estimate of drug-likeness (QED) is 0.698. The van der Waals surface area contributed by atoms with E-state index >= 15 is 0 Å². The molecule has 2 aromatic heterocycles. The van der Waals surface area contributed by atoms with Crippen molar-refractivity contribution in [2.45, 2.75) is 6.92 Å². The largest absolute Gasteiger partial charge is 0.383 e. The highest BCUT2D eigenvalue weighted by molar-refractivity contribution is 5.50. The number of rotatable bonds is 5. The summed E-state index contributed by atoms with van der Waals surface area (Å²) in [6.07, 6.45) is 4.96. The van der Waals surface area contributed by atoms with Crippen molar-refractivity contribution in [3.63, 3.8) is 0 Å². The van der Waals surface area contributed by atoms with Gasteiger partial charge < -0.3 is 16.4 Å². The van der Waals surface area contributed by atoms with Crippen molar-refractivity contribution in [1.29, 1.82) is 5.26 Å². The molecule has 4 N–H and O–H groups in total. The lowest BCUT2D eigenvalue weighted by molar-refractivity contribution is 1.02. The number of nitrogens with two attached hydrogens (primary N) is 1. The molecule has 0 amide bonds. The topological polar surface area (TPSA) is 113 Å². The van der Waals surface area contributed by atoms with Crippen LogP contribution in [-0.4, -0.2) is 28.0 Å². The lowest BCUT2D eigenvalue weighted by atomic mass is 10.2. The number of aryl methyl sites for hydroxylation is 1. The number of pyridine rings is 1. The first-order valence-corrected chi connectivity index (χ1v) is 6.11. The summed E-state index contributed by atoms with van der Waals surface area (Å²) in [7, 11) is 0. The van der Waals surface area contributed by atoms with Crippen LogP contribution in [0.1, 0.15) is 11.1 Å². The van der Waals surface area contributed by atoms with E-state index in [1.165, 1.54) is 6.20 Å². The van der Waals surface area contributed by atoms with Crippen LogP contribution < -0.4 is 16.4 Å². The maximum atomic E-state index is 8.73. The molecule has 2 heterocycles. The third-order valence-electron chi connectivity index (χ3n) is 2.68. The average molecular weight is 269 g/mol. The molecule has 2 aromatic rings. The Kier molecular flexibility index (Phi) is 4.29. The highest BCUT2D eigenvalue weighted by atomic mass is 15.1. The van der Waals surface area contributed by atoms with Crippen LogP contribution >= 0.6 is 0 Å². The van der Waals surface area contributed by atoms with Gasteiger partial charge in [-0.15, -0.1) is 0 Å². The minimum Gasteiger partial charge on any atom is -0.383 e. The number of aromatic nitrogens is 3. The van der Waals surface area contributed by atoms with Crippen LogP contribution in [0.2, 0.25) is 0 Å². The minimum atomic E-state index is 0.183. The first-order valence-electron chi connectivity index (χ1n) is 6.11. The highest BCUT2D eigenvalue weighted by Gasteiger charge is 2.02. The molecule has 0 aromatic carbocycles. The van der Waals surface area contributed by atoms with Gasteiger partial charge in [-0.2, -0.15) is 10.2 Å². The zero-order chi connectivity index (χ0) is 14.4. The molecule has 7 nitrogen and oxygen atoms in total. The standard InChI is InChI=1S/C13H15N7/c1-9-7-16-3-2-11(9)17-4-5-18-13-19-8-10(6-14)12(15)20-13/h2-3,7-8H,4-5H2,1H3,(H,16,17)(H3,15,18,19,20). The van der Waals surface area contributed by atoms with Gasteiger partial charge in [0.2, 0.25) is 5.95 Å². The van der Waals surface area contributed by atoms with E-state index in [0.717, 1.165) is 11.3 Å². The van der Waals surface area contributed by atoms with Crippen LogP contribution in [0.3, 0.4) is 0 Å². The predicted octanol–water partition coefficient (Wildman–Crippen LogP) is 1.16. The number of hydrogen-bond donors (Lipinski definition) is 3. The second-order valence-corrected chi connectivity index (χ2v) is 4.15. The lowest BCUT2D eigenvalue weighted by Gasteiger charge is -2.09. The van der Waals surface area contributed by atoms with E-state index in [4.69, 9.17) is 11.0 Å². The Morgan fingerprint density at radius 1 is 1.30 bits per heavy atom. The number of nitrogens with one attached hydrogen (secondary N) is 2. The number of nitriles is 1. The first-order chi connectivity index (χ1) is 9.70. The van der Waals surface area contributed by atoms with Gasteiger partial charge in [0, 0.05) is 31.2 Å². The molecule has 102 valence electrons. The third-order valence-corrected chi connectivity index (χ3v) is 2.68. The molecule has 0 fully saturated rings. The minimum absolute atomic E-state index is 0.183. The molecule has 0 aliphatic heterocycles. The summed E-state index contributed by atoms with van der Waals surface area (Å²) in [5.41, 5.74) is 8.02. The zero-order valence-electron chi connectivity index (χ0n) is 11.1. The summed E-state index contributed by atoms with van der Waals surface area (Å²) in [4.78, 5) is 12.0. The normalized spacial score (nSPS) is 9.80. The maximum absolute atomic E-state index is 8.73. The Morgan fingerprint density at radius 2 is 2.10 bits per heavy atom. The Morgan fingerprint density at radius 3 is 2.80 bits per heavy atom. The van der Waals surface area contributed by atoms with Crippen molar-refractivity contribution < 1.29 is 0 Å². The van der Waals surface area contributed by atoms with Gasteiger partial charge in [0.15, 0.2) is 0 Å². The first kappa shape index (κ1) is 13.5. The summed E-state index contributed by atoms with van der Waals surface area (Å²) in [6, 6.07) is 3.84. The van der Waals surface area contributed by atoms with E-state index in [2.05, 4.69) is 25.6 Å². The average Bonchev–Trinajstić information content (AvgIpc) is 2.45. The Labute approximate surface area is 116 Å². The van der Waals surface area contributed by atoms with E-state index < -0.39 is 0 Å². The molecule has 0 spiro atoms. The van der Waals surface area contributed by atoms with Crippen molar-refractivity contribution in [3.05, 3.63) is 35.8 Å². The van der Waals surface area contributed by atoms with Crippen LogP contribution in [0.15, 0.2) is 24.7 Å². The Bertz CT molecular complexity index is 633. The van der Waals surface area contributed by atoms with Crippen molar-refractivity contribution in [2.24, 2.45) is 0 Å². The summed E-state index contributed by atoms with van der Waals surface area (Å²) in [5.74, 6) is 0.595. The van der Waals surface area contributed by atoms with Crippen LogP contribution in [0.4, 0.5) is 17.5 Å². The molecule has 20 heavy (non-hydrogen) atoms. The van der Waals surface area contributed by atoms with Gasteiger partial charge in [-0.1, -0.05) is 0 Å². The van der Waals surface area contributed by atoms with Gasteiger partial charge >= 0.3 is 0 Å². The molecule has 0 bridgehead atoms. The van der Waals surface area contributed by atoms with Gasteiger partial charge in [0.25, 0.3) is 0 Å². The smallest absolute Gasteiger partial charge is 0.224 e. The van der Waals surface area contributed by atoms with E-state index in [1.54, 1.807) is 12.4 Å². The van der Waals surface area contributed by atoms with Gasteiger partial charge in [-0.05, 0) is 18.6 Å². The van der Waals surface area contributed by atoms with Gasteiger partial charge in [0.05, 0.1) is 6.20 Å². The molecule has 0 unspecified atom stereocenters. The molecular weight excluding hydrogens is 254 g/mol. The number of nitrogens with zero attached hydrogens (tertiary/aromatic N) is 4. The number of hydrogen-bond acceptors (Lipinski definition) is 7. The third kappa shape index (κ3) is 3.32. The Balaban J connectivity index is 1.83. The van der Waals surface area contributed by atoms with E-state index in [1.807, 2.05) is 19.1 Å². The van der Waals surface area contributed by atoms with Crippen LogP contribution in [-0.2, 0) is 0 Å². The fraction of sp³-hybridized carbons (Fsp3) is 0.231. The van der Waals surface area contributed by atoms with Crippen LogP contribution in [0.5, 0.6) is 0 Å². The molecular formula is C13H15N7. The Hall–Kier alpha value is -2.88. The monoisotopic (exact) mass is 269 g/mol. The van der Waals surface area contributed by atoms with E-state index in [9.17, 15) is 0 Å². The van der Waals surface area contributed by atoms with Crippen LogP contribution in [0.25, 0.3) is 0 Å². The fourth-order valence-corrected chi connectivity index (χ4v) is 1.61. The molecule has 0 aliphatic carbocycles. The molecule has 0 saturated carbocycles. The molecule has 2 rings (SSSR count). The summed E-state index contributed by atoms with van der Waals surface area (Å²) in [5, 5.41) is 15.0. The van der Waals surface area contributed by atoms with E-state index in [-0.39, 0.29) is 11.4 Å². The van der Waals surface area contributed by atoms with Crippen molar-refractivity contribution in [1.82, 2.24) is 15.0 Å². The van der Waals surface area contributed by atoms with Gasteiger partial charge in [-0.25, -0.2) is 4.98 Å².